The van der Waals surface area contributed by atoms with Crippen molar-refractivity contribution in [1.29, 1.82) is 0 Å². The lowest BCUT2D eigenvalue weighted by atomic mass is 10.1. The van der Waals surface area contributed by atoms with Gasteiger partial charge in [0.15, 0.2) is 0 Å². The Bertz CT molecular complexity index is 295. The number of benzene rings is 1. The summed E-state index contributed by atoms with van der Waals surface area (Å²) in [5, 5.41) is 2.86. The molecular formula is C14H20NO. The van der Waals surface area contributed by atoms with Gasteiger partial charge in [0.05, 0.1) is 0 Å². The smallest absolute Gasteiger partial charge is 0.224 e. The summed E-state index contributed by atoms with van der Waals surface area (Å²) in [7, 11) is 0. The first-order valence-corrected chi connectivity index (χ1v) is 6.09. The Labute approximate surface area is 98.1 Å². The van der Waals surface area contributed by atoms with Crippen LogP contribution in [-0.2, 0) is 4.79 Å². The first kappa shape index (κ1) is 12.8. The van der Waals surface area contributed by atoms with E-state index < -0.39 is 0 Å². The van der Waals surface area contributed by atoms with Crippen LogP contribution in [0, 0.1) is 6.07 Å². The second-order valence-corrected chi connectivity index (χ2v) is 4.00. The predicted molar refractivity (Wildman–Crippen MR) is 67.3 cm³/mol. The minimum Gasteiger partial charge on any atom is -0.326 e. The van der Waals surface area contributed by atoms with E-state index in [1.807, 2.05) is 18.2 Å². The first-order valence-electron chi connectivity index (χ1n) is 6.09. The molecule has 1 amide bonds. The van der Waals surface area contributed by atoms with Crippen LogP contribution < -0.4 is 5.32 Å². The summed E-state index contributed by atoms with van der Waals surface area (Å²) < 4.78 is 0. The molecule has 1 rings (SSSR count). The summed E-state index contributed by atoms with van der Waals surface area (Å²) in [6.07, 6.45) is 6.52. The molecule has 0 saturated carbocycles. The Morgan fingerprint density at radius 3 is 2.81 bits per heavy atom. The van der Waals surface area contributed by atoms with Crippen molar-refractivity contribution in [3.8, 4) is 0 Å². The van der Waals surface area contributed by atoms with Crippen molar-refractivity contribution in [2.75, 3.05) is 5.32 Å². The van der Waals surface area contributed by atoms with E-state index in [0.717, 1.165) is 18.5 Å². The van der Waals surface area contributed by atoms with Crippen molar-refractivity contribution in [2.45, 2.75) is 45.4 Å². The Balaban J connectivity index is 2.12. The average Bonchev–Trinajstić information content (AvgIpc) is 2.30. The van der Waals surface area contributed by atoms with Crippen LogP contribution in [0.2, 0.25) is 0 Å². The number of carbonyl (C=O) groups excluding carboxylic acids is 1. The summed E-state index contributed by atoms with van der Waals surface area (Å²) in [5.74, 6) is 0.107. The first-order chi connectivity index (χ1) is 7.83. The van der Waals surface area contributed by atoms with Gasteiger partial charge in [-0.05, 0) is 24.6 Å². The van der Waals surface area contributed by atoms with Crippen LogP contribution in [0.5, 0.6) is 0 Å². The third kappa shape index (κ3) is 5.54. The standard InChI is InChI=1S/C14H20NO/c1-2-3-4-5-9-12-14(16)15-13-10-7-6-8-11-13/h6-7,10-11H,2-5,9,12H2,1H3,(H,15,16). The lowest BCUT2D eigenvalue weighted by molar-refractivity contribution is -0.116. The molecule has 1 aromatic rings. The minimum atomic E-state index is 0.107. The van der Waals surface area contributed by atoms with E-state index >= 15 is 0 Å². The zero-order valence-electron chi connectivity index (χ0n) is 9.96. The normalized spacial score (nSPS) is 10.1. The average molecular weight is 218 g/mol. The molecule has 0 aliphatic carbocycles. The van der Waals surface area contributed by atoms with Crippen molar-refractivity contribution in [3.63, 3.8) is 0 Å². The van der Waals surface area contributed by atoms with Crippen LogP contribution >= 0.6 is 0 Å². The monoisotopic (exact) mass is 218 g/mol. The summed E-state index contributed by atoms with van der Waals surface area (Å²) >= 11 is 0. The number of hydrogen-bond acceptors (Lipinski definition) is 1. The molecule has 0 bridgehead atoms. The molecule has 1 radical (unpaired) electrons. The highest BCUT2D eigenvalue weighted by atomic mass is 16.1. The molecule has 0 fully saturated rings. The topological polar surface area (TPSA) is 29.1 Å². The van der Waals surface area contributed by atoms with Gasteiger partial charge in [-0.3, -0.25) is 4.79 Å². The van der Waals surface area contributed by atoms with E-state index in [0.29, 0.717) is 6.42 Å². The van der Waals surface area contributed by atoms with E-state index in [1.54, 1.807) is 6.07 Å². The second kappa shape index (κ2) is 7.91. The van der Waals surface area contributed by atoms with Gasteiger partial charge in [-0.25, -0.2) is 0 Å². The van der Waals surface area contributed by atoms with Crippen LogP contribution in [0.4, 0.5) is 5.69 Å². The number of unbranched alkanes of at least 4 members (excludes halogenated alkanes) is 4. The van der Waals surface area contributed by atoms with Gasteiger partial charge in [-0.15, -0.1) is 0 Å². The summed E-state index contributed by atoms with van der Waals surface area (Å²) in [6, 6.07) is 10.3. The molecule has 0 heterocycles. The van der Waals surface area contributed by atoms with Crippen LogP contribution in [-0.4, -0.2) is 5.91 Å². The minimum absolute atomic E-state index is 0.107. The van der Waals surface area contributed by atoms with Gasteiger partial charge in [0.1, 0.15) is 0 Å². The van der Waals surface area contributed by atoms with Crippen LogP contribution in [0.25, 0.3) is 0 Å². The number of carbonyl (C=O) groups is 1. The van der Waals surface area contributed by atoms with Gasteiger partial charge in [-0.2, -0.15) is 0 Å². The lowest BCUT2D eigenvalue weighted by Crippen LogP contribution is -2.10. The summed E-state index contributed by atoms with van der Waals surface area (Å²) in [5.41, 5.74) is 0.834. The molecule has 1 N–H and O–H groups in total. The van der Waals surface area contributed by atoms with Gasteiger partial charge in [0, 0.05) is 12.1 Å². The molecule has 2 nitrogen and oxygen atoms in total. The Morgan fingerprint density at radius 2 is 2.12 bits per heavy atom. The summed E-state index contributed by atoms with van der Waals surface area (Å²) in [4.78, 5) is 11.5. The van der Waals surface area contributed by atoms with E-state index in [9.17, 15) is 4.79 Å². The van der Waals surface area contributed by atoms with Crippen LogP contribution in [0.1, 0.15) is 45.4 Å². The van der Waals surface area contributed by atoms with E-state index in [-0.39, 0.29) is 5.91 Å². The highest BCUT2D eigenvalue weighted by Gasteiger charge is 2.01. The zero-order chi connectivity index (χ0) is 11.6. The highest BCUT2D eigenvalue weighted by molar-refractivity contribution is 5.90. The van der Waals surface area contributed by atoms with Gasteiger partial charge in [0.2, 0.25) is 5.91 Å². The highest BCUT2D eigenvalue weighted by Crippen LogP contribution is 2.08. The molecule has 0 unspecified atom stereocenters. The van der Waals surface area contributed by atoms with Crippen molar-refractivity contribution in [3.05, 3.63) is 30.3 Å². The molecule has 87 valence electrons. The van der Waals surface area contributed by atoms with Crippen LogP contribution in [0.3, 0.4) is 0 Å². The molecular weight excluding hydrogens is 198 g/mol. The largest absolute Gasteiger partial charge is 0.326 e. The Morgan fingerprint density at radius 1 is 1.31 bits per heavy atom. The maximum atomic E-state index is 11.5. The fraction of sp³-hybridized carbons (Fsp3) is 0.500. The second-order valence-electron chi connectivity index (χ2n) is 4.00. The fourth-order valence-corrected chi connectivity index (χ4v) is 1.58. The molecule has 0 spiro atoms. The van der Waals surface area contributed by atoms with Crippen molar-refractivity contribution >= 4 is 11.6 Å². The SMILES string of the molecule is CCCCCCCC(=O)Nc1c[c]ccc1. The maximum absolute atomic E-state index is 11.5. The number of amides is 1. The van der Waals surface area contributed by atoms with Gasteiger partial charge in [-0.1, -0.05) is 44.7 Å². The number of rotatable bonds is 7. The zero-order valence-corrected chi connectivity index (χ0v) is 9.96. The fourth-order valence-electron chi connectivity index (χ4n) is 1.58. The van der Waals surface area contributed by atoms with E-state index in [2.05, 4.69) is 18.3 Å². The maximum Gasteiger partial charge on any atom is 0.224 e. The number of anilines is 1. The third-order valence-electron chi connectivity index (χ3n) is 2.50. The summed E-state index contributed by atoms with van der Waals surface area (Å²) in [6.45, 7) is 2.19. The Kier molecular flexibility index (Phi) is 6.31. The molecule has 1 aromatic carbocycles. The number of nitrogens with one attached hydrogen (secondary N) is 1. The van der Waals surface area contributed by atoms with Crippen LogP contribution in [0.15, 0.2) is 24.3 Å². The van der Waals surface area contributed by atoms with Crippen molar-refractivity contribution in [1.82, 2.24) is 0 Å². The van der Waals surface area contributed by atoms with Gasteiger partial charge >= 0.3 is 0 Å². The number of hydrogen-bond donors (Lipinski definition) is 1. The molecule has 0 saturated heterocycles. The van der Waals surface area contributed by atoms with E-state index in [1.165, 1.54) is 19.3 Å². The van der Waals surface area contributed by atoms with Crippen molar-refractivity contribution < 1.29 is 4.79 Å². The molecule has 0 aliphatic rings. The van der Waals surface area contributed by atoms with Crippen molar-refractivity contribution in [2.24, 2.45) is 0 Å². The predicted octanol–water partition coefficient (Wildman–Crippen LogP) is 3.79. The molecule has 16 heavy (non-hydrogen) atoms. The quantitative estimate of drug-likeness (QED) is 0.693. The van der Waals surface area contributed by atoms with E-state index in [4.69, 9.17) is 0 Å². The van der Waals surface area contributed by atoms with Gasteiger partial charge in [0.25, 0.3) is 0 Å². The molecule has 0 atom stereocenters. The molecule has 0 aliphatic heterocycles. The molecule has 0 aromatic heterocycles. The third-order valence-corrected chi connectivity index (χ3v) is 2.50. The lowest BCUT2D eigenvalue weighted by Gasteiger charge is -2.04. The molecule has 2 heteroatoms. The Hall–Kier alpha value is -1.31. The van der Waals surface area contributed by atoms with Gasteiger partial charge < -0.3 is 5.32 Å².